The van der Waals surface area contributed by atoms with Crippen LogP contribution in [0.3, 0.4) is 0 Å². The van der Waals surface area contributed by atoms with Gasteiger partial charge in [0.1, 0.15) is 0 Å². The lowest BCUT2D eigenvalue weighted by Crippen LogP contribution is -2.10. The highest BCUT2D eigenvalue weighted by Crippen LogP contribution is 2.30. The van der Waals surface area contributed by atoms with Crippen LogP contribution in [0.4, 0.5) is 0 Å². The van der Waals surface area contributed by atoms with Crippen LogP contribution in [0.1, 0.15) is 10.4 Å². The molecule has 16 heavy (non-hydrogen) atoms. The number of amides is 1. The molecule has 0 fully saturated rings. The van der Waals surface area contributed by atoms with Crippen molar-refractivity contribution in [2.24, 2.45) is 5.73 Å². The summed E-state index contributed by atoms with van der Waals surface area (Å²) in [5.41, 5.74) is 6.96. The Morgan fingerprint density at radius 2 is 1.94 bits per heavy atom. The van der Waals surface area contributed by atoms with Crippen molar-refractivity contribution in [1.82, 2.24) is 0 Å². The molecule has 1 aromatic heterocycles. The van der Waals surface area contributed by atoms with Gasteiger partial charge in [0.15, 0.2) is 0 Å². The van der Waals surface area contributed by atoms with E-state index in [9.17, 15) is 4.79 Å². The second kappa shape index (κ2) is 4.72. The molecular formula is C12H11NOS2. The standard InChI is InChI=1S/C12H11NOS2/c1-15-9-4-2-8(3-5-9)11-10(12(13)14)6-7-16-11/h2-7H,1H3,(H2,13,14). The molecule has 0 aliphatic rings. The minimum absolute atomic E-state index is 0.370. The van der Waals surface area contributed by atoms with Gasteiger partial charge in [-0.3, -0.25) is 4.79 Å². The van der Waals surface area contributed by atoms with E-state index >= 15 is 0 Å². The summed E-state index contributed by atoms with van der Waals surface area (Å²) in [5.74, 6) is -0.370. The van der Waals surface area contributed by atoms with E-state index in [0.29, 0.717) is 5.56 Å². The summed E-state index contributed by atoms with van der Waals surface area (Å²) in [4.78, 5) is 13.4. The molecule has 1 amide bonds. The molecule has 0 spiro atoms. The summed E-state index contributed by atoms with van der Waals surface area (Å²) in [7, 11) is 0. The molecule has 0 atom stereocenters. The van der Waals surface area contributed by atoms with Gasteiger partial charge < -0.3 is 5.73 Å². The first-order valence-corrected chi connectivity index (χ1v) is 6.84. The normalized spacial score (nSPS) is 10.3. The van der Waals surface area contributed by atoms with Gasteiger partial charge >= 0.3 is 0 Å². The molecule has 0 saturated carbocycles. The lowest BCUT2D eigenvalue weighted by atomic mass is 10.1. The fraction of sp³-hybridized carbons (Fsp3) is 0.0833. The van der Waals surface area contributed by atoms with Gasteiger partial charge in [0.05, 0.1) is 5.56 Å². The summed E-state index contributed by atoms with van der Waals surface area (Å²) in [5, 5.41) is 1.89. The van der Waals surface area contributed by atoms with E-state index < -0.39 is 0 Å². The minimum Gasteiger partial charge on any atom is -0.366 e. The number of thiophene rings is 1. The van der Waals surface area contributed by atoms with E-state index in [-0.39, 0.29) is 5.91 Å². The maximum Gasteiger partial charge on any atom is 0.250 e. The van der Waals surface area contributed by atoms with Crippen molar-refractivity contribution in [3.63, 3.8) is 0 Å². The number of carbonyl (C=O) groups is 1. The molecule has 1 heterocycles. The van der Waals surface area contributed by atoms with Gasteiger partial charge in [0.25, 0.3) is 0 Å². The Hall–Kier alpha value is -1.26. The van der Waals surface area contributed by atoms with Crippen LogP contribution in [-0.4, -0.2) is 12.2 Å². The van der Waals surface area contributed by atoms with Crippen molar-refractivity contribution in [2.75, 3.05) is 6.26 Å². The second-order valence-corrected chi connectivity index (χ2v) is 5.05. The van der Waals surface area contributed by atoms with Crippen LogP contribution in [0.15, 0.2) is 40.6 Å². The van der Waals surface area contributed by atoms with E-state index in [4.69, 9.17) is 5.73 Å². The fourth-order valence-corrected chi connectivity index (χ4v) is 2.79. The molecule has 0 saturated heterocycles. The van der Waals surface area contributed by atoms with E-state index in [2.05, 4.69) is 0 Å². The van der Waals surface area contributed by atoms with Gasteiger partial charge in [0, 0.05) is 9.77 Å². The van der Waals surface area contributed by atoms with Crippen LogP contribution in [0.25, 0.3) is 10.4 Å². The third kappa shape index (κ3) is 2.13. The molecule has 4 heteroatoms. The summed E-state index contributed by atoms with van der Waals surface area (Å²) >= 11 is 3.23. The molecule has 2 aromatic rings. The Kier molecular flexibility index (Phi) is 3.31. The van der Waals surface area contributed by atoms with E-state index in [1.54, 1.807) is 17.8 Å². The number of benzene rings is 1. The predicted molar refractivity (Wildman–Crippen MR) is 70.1 cm³/mol. The Morgan fingerprint density at radius 3 is 2.50 bits per heavy atom. The van der Waals surface area contributed by atoms with Crippen LogP contribution in [0.5, 0.6) is 0 Å². The molecule has 2 rings (SSSR count). The summed E-state index contributed by atoms with van der Waals surface area (Å²) < 4.78 is 0. The molecular weight excluding hydrogens is 238 g/mol. The highest BCUT2D eigenvalue weighted by atomic mass is 32.2. The number of hydrogen-bond acceptors (Lipinski definition) is 3. The van der Waals surface area contributed by atoms with Crippen molar-refractivity contribution in [1.29, 1.82) is 0 Å². The van der Waals surface area contributed by atoms with Gasteiger partial charge in [-0.25, -0.2) is 0 Å². The molecule has 0 unspecified atom stereocenters. The second-order valence-electron chi connectivity index (χ2n) is 3.26. The summed E-state index contributed by atoms with van der Waals surface area (Å²) in [6.07, 6.45) is 2.04. The first kappa shape index (κ1) is 11.2. The average molecular weight is 249 g/mol. The number of nitrogens with two attached hydrogens (primary N) is 1. The SMILES string of the molecule is CSc1ccc(-c2sccc2C(N)=O)cc1. The summed E-state index contributed by atoms with van der Waals surface area (Å²) in [6.45, 7) is 0. The third-order valence-corrected chi connectivity index (χ3v) is 3.99. The Balaban J connectivity index is 2.42. The van der Waals surface area contributed by atoms with Crippen LogP contribution >= 0.6 is 23.1 Å². The first-order chi connectivity index (χ1) is 7.72. The fourth-order valence-electron chi connectivity index (χ4n) is 1.47. The Morgan fingerprint density at radius 1 is 1.25 bits per heavy atom. The first-order valence-electron chi connectivity index (χ1n) is 4.74. The van der Waals surface area contributed by atoms with Crippen molar-refractivity contribution >= 4 is 29.0 Å². The highest BCUT2D eigenvalue weighted by Gasteiger charge is 2.10. The molecule has 0 aliphatic carbocycles. The zero-order valence-electron chi connectivity index (χ0n) is 8.77. The third-order valence-electron chi connectivity index (χ3n) is 2.28. The van der Waals surface area contributed by atoms with Crippen molar-refractivity contribution in [3.05, 3.63) is 41.3 Å². The highest BCUT2D eigenvalue weighted by molar-refractivity contribution is 7.98. The quantitative estimate of drug-likeness (QED) is 0.849. The molecule has 0 radical (unpaired) electrons. The Labute approximate surface area is 102 Å². The maximum atomic E-state index is 11.2. The minimum atomic E-state index is -0.370. The lowest BCUT2D eigenvalue weighted by Gasteiger charge is -2.02. The molecule has 0 bridgehead atoms. The van der Waals surface area contributed by atoms with Crippen molar-refractivity contribution in [2.45, 2.75) is 4.90 Å². The van der Waals surface area contributed by atoms with Crippen molar-refractivity contribution < 1.29 is 4.79 Å². The average Bonchev–Trinajstić information content (AvgIpc) is 2.78. The number of carbonyl (C=O) groups excluding carboxylic acids is 1. The molecule has 2 N–H and O–H groups in total. The molecule has 82 valence electrons. The molecule has 1 aromatic carbocycles. The molecule has 2 nitrogen and oxygen atoms in total. The van der Waals surface area contributed by atoms with Gasteiger partial charge in [-0.2, -0.15) is 0 Å². The van der Waals surface area contributed by atoms with Gasteiger partial charge in [0.2, 0.25) is 5.91 Å². The van der Waals surface area contributed by atoms with E-state index in [1.165, 1.54) is 16.2 Å². The van der Waals surface area contributed by atoms with Crippen LogP contribution in [0.2, 0.25) is 0 Å². The molecule has 0 aliphatic heterocycles. The largest absolute Gasteiger partial charge is 0.366 e. The van der Waals surface area contributed by atoms with E-state index in [1.807, 2.05) is 35.9 Å². The number of rotatable bonds is 3. The number of primary amides is 1. The maximum absolute atomic E-state index is 11.2. The topological polar surface area (TPSA) is 43.1 Å². The number of hydrogen-bond donors (Lipinski definition) is 1. The lowest BCUT2D eigenvalue weighted by molar-refractivity contribution is 0.100. The van der Waals surface area contributed by atoms with Gasteiger partial charge in [-0.15, -0.1) is 23.1 Å². The monoisotopic (exact) mass is 249 g/mol. The van der Waals surface area contributed by atoms with Crippen LogP contribution < -0.4 is 5.73 Å². The zero-order chi connectivity index (χ0) is 11.5. The zero-order valence-corrected chi connectivity index (χ0v) is 10.4. The van der Waals surface area contributed by atoms with Gasteiger partial charge in [-0.05, 0) is 35.4 Å². The van der Waals surface area contributed by atoms with E-state index in [0.717, 1.165) is 10.4 Å². The van der Waals surface area contributed by atoms with Crippen LogP contribution in [-0.2, 0) is 0 Å². The Bertz CT molecular complexity index is 502. The number of thioether (sulfide) groups is 1. The van der Waals surface area contributed by atoms with Gasteiger partial charge in [-0.1, -0.05) is 12.1 Å². The summed E-state index contributed by atoms with van der Waals surface area (Å²) in [6, 6.07) is 9.90. The smallest absolute Gasteiger partial charge is 0.250 e. The van der Waals surface area contributed by atoms with Crippen LogP contribution in [0, 0.1) is 0 Å². The predicted octanol–water partition coefficient (Wildman–Crippen LogP) is 3.24. The van der Waals surface area contributed by atoms with Crippen molar-refractivity contribution in [3.8, 4) is 10.4 Å².